The van der Waals surface area contributed by atoms with E-state index in [-0.39, 0.29) is 0 Å². The average molecular weight is 279 g/mol. The summed E-state index contributed by atoms with van der Waals surface area (Å²) in [6.07, 6.45) is -12.2. The van der Waals surface area contributed by atoms with Crippen molar-refractivity contribution >= 4 is 11.9 Å². The molecule has 1 rings (SSSR count). The molecule has 0 aromatic rings. The van der Waals surface area contributed by atoms with Gasteiger partial charge in [0.15, 0.2) is 0 Å². The van der Waals surface area contributed by atoms with E-state index in [1.165, 1.54) is 0 Å². The normalized spacial score (nSPS) is 25.3. The Morgan fingerprint density at radius 2 is 1.56 bits per heavy atom. The van der Waals surface area contributed by atoms with Crippen molar-refractivity contribution < 1.29 is 41.0 Å². The van der Waals surface area contributed by atoms with Gasteiger partial charge in [0.1, 0.15) is 12.1 Å². The molecule has 4 nitrogen and oxygen atoms in total. The molecule has 0 spiro atoms. The van der Waals surface area contributed by atoms with Gasteiger partial charge in [-0.05, 0) is 12.8 Å². The molecule has 1 amide bonds. The van der Waals surface area contributed by atoms with Crippen LogP contribution in [0.25, 0.3) is 0 Å². The smallest absolute Gasteiger partial charge is 0.471 e. The van der Waals surface area contributed by atoms with Crippen LogP contribution < -0.4 is 0 Å². The second-order valence-corrected chi connectivity index (χ2v) is 3.70. The van der Waals surface area contributed by atoms with Crippen LogP contribution in [0.5, 0.6) is 0 Å². The van der Waals surface area contributed by atoms with E-state index >= 15 is 0 Å². The average Bonchev–Trinajstić information content (AvgIpc) is 2.57. The predicted octanol–water partition coefficient (Wildman–Crippen LogP) is 1.56. The lowest BCUT2D eigenvalue weighted by molar-refractivity contribution is -0.212. The van der Waals surface area contributed by atoms with Gasteiger partial charge in [-0.3, -0.25) is 4.79 Å². The third-order valence-electron chi connectivity index (χ3n) is 2.53. The summed E-state index contributed by atoms with van der Waals surface area (Å²) >= 11 is 0. The van der Waals surface area contributed by atoms with Crippen LogP contribution in [-0.2, 0) is 9.59 Å². The molecule has 1 heterocycles. The molecule has 1 aliphatic heterocycles. The molecule has 0 aromatic heterocycles. The zero-order valence-electron chi connectivity index (χ0n) is 8.55. The molecule has 1 aliphatic rings. The minimum atomic E-state index is -5.54. The maximum atomic E-state index is 12.4. The van der Waals surface area contributed by atoms with E-state index in [4.69, 9.17) is 5.11 Å². The third-order valence-corrected chi connectivity index (χ3v) is 2.53. The first-order chi connectivity index (χ1) is 7.96. The maximum Gasteiger partial charge on any atom is 0.471 e. The first-order valence-electron chi connectivity index (χ1n) is 4.65. The van der Waals surface area contributed by atoms with Crippen LogP contribution in [0.4, 0.5) is 26.3 Å². The molecule has 0 aromatic carbocycles. The number of carbonyl (C=O) groups is 2. The molecular weight excluding hydrogens is 272 g/mol. The molecule has 1 saturated heterocycles. The van der Waals surface area contributed by atoms with Gasteiger partial charge in [0, 0.05) is 0 Å². The maximum absolute atomic E-state index is 12.4. The minimum Gasteiger partial charge on any atom is -0.480 e. The van der Waals surface area contributed by atoms with Gasteiger partial charge >= 0.3 is 24.2 Å². The summed E-state index contributed by atoms with van der Waals surface area (Å²) < 4.78 is 73.8. The minimum absolute atomic E-state index is 0.637. The predicted molar refractivity (Wildman–Crippen MR) is 43.4 cm³/mol. The number of carboxylic acid groups (broad SMARTS) is 1. The molecular formula is C8H7F6NO3. The molecule has 18 heavy (non-hydrogen) atoms. The van der Waals surface area contributed by atoms with Crippen molar-refractivity contribution in [3.63, 3.8) is 0 Å². The summed E-state index contributed by atoms with van der Waals surface area (Å²) in [5.74, 6) is -4.67. The highest BCUT2D eigenvalue weighted by molar-refractivity contribution is 5.88. The number of amides is 1. The van der Waals surface area contributed by atoms with Gasteiger partial charge in [-0.1, -0.05) is 0 Å². The van der Waals surface area contributed by atoms with Gasteiger partial charge in [-0.2, -0.15) is 26.3 Å². The van der Waals surface area contributed by atoms with Crippen LogP contribution in [0.2, 0.25) is 0 Å². The first-order valence-corrected chi connectivity index (χ1v) is 4.65. The van der Waals surface area contributed by atoms with Crippen LogP contribution in [0, 0.1) is 0 Å². The highest BCUT2D eigenvalue weighted by Crippen LogP contribution is 2.38. The number of halogens is 6. The summed E-state index contributed by atoms with van der Waals surface area (Å²) in [7, 11) is 0. The first kappa shape index (κ1) is 14.6. The lowest BCUT2D eigenvalue weighted by atomic mass is 10.2. The van der Waals surface area contributed by atoms with Gasteiger partial charge in [0.2, 0.25) is 0 Å². The Morgan fingerprint density at radius 3 is 1.89 bits per heavy atom. The molecule has 0 aliphatic carbocycles. The largest absolute Gasteiger partial charge is 0.480 e. The molecule has 104 valence electrons. The Bertz CT molecular complexity index is 363. The molecule has 1 N–H and O–H groups in total. The summed E-state index contributed by atoms with van der Waals surface area (Å²) in [6, 6.07) is -4.82. The Labute approximate surface area is 96.2 Å². The number of likely N-dealkylation sites (tertiary alicyclic amines) is 1. The van der Waals surface area contributed by atoms with E-state index in [1.807, 2.05) is 0 Å². The van der Waals surface area contributed by atoms with Crippen molar-refractivity contribution in [2.45, 2.75) is 37.3 Å². The lowest BCUT2D eigenvalue weighted by Gasteiger charge is -2.30. The van der Waals surface area contributed by atoms with Gasteiger partial charge in [0.25, 0.3) is 0 Å². The fraction of sp³-hybridized carbons (Fsp3) is 0.750. The number of alkyl halides is 6. The summed E-state index contributed by atoms with van der Waals surface area (Å²) in [4.78, 5) is 20.8. The fourth-order valence-electron chi connectivity index (χ4n) is 1.80. The van der Waals surface area contributed by atoms with Gasteiger partial charge < -0.3 is 10.0 Å². The van der Waals surface area contributed by atoms with Crippen LogP contribution >= 0.6 is 0 Å². The monoisotopic (exact) mass is 279 g/mol. The third kappa shape index (κ3) is 2.67. The van der Waals surface area contributed by atoms with Crippen molar-refractivity contribution in [3.05, 3.63) is 0 Å². The van der Waals surface area contributed by atoms with E-state index in [9.17, 15) is 35.9 Å². The number of rotatable bonds is 1. The quantitative estimate of drug-likeness (QED) is 0.741. The van der Waals surface area contributed by atoms with Gasteiger partial charge in [-0.15, -0.1) is 0 Å². The number of carbonyl (C=O) groups excluding carboxylic acids is 1. The lowest BCUT2D eigenvalue weighted by Crippen LogP contribution is -2.54. The molecule has 0 radical (unpaired) electrons. The number of carboxylic acids is 1. The van der Waals surface area contributed by atoms with Crippen molar-refractivity contribution in [1.29, 1.82) is 0 Å². The van der Waals surface area contributed by atoms with Crippen molar-refractivity contribution in [3.8, 4) is 0 Å². The molecule has 2 atom stereocenters. The second-order valence-electron chi connectivity index (χ2n) is 3.70. The zero-order valence-corrected chi connectivity index (χ0v) is 8.55. The Kier molecular flexibility index (Phi) is 3.50. The summed E-state index contributed by atoms with van der Waals surface area (Å²) in [5.41, 5.74) is 0. The van der Waals surface area contributed by atoms with E-state index < -0.39 is 54.1 Å². The molecule has 10 heteroatoms. The van der Waals surface area contributed by atoms with Crippen LogP contribution in [-0.4, -0.2) is 46.3 Å². The Morgan fingerprint density at radius 1 is 1.06 bits per heavy atom. The number of nitrogens with zero attached hydrogens (tertiary/aromatic N) is 1. The standard InChI is InChI=1S/C8H7F6NO3/c9-7(10,11)4-2-1-3(5(16)17)15(4)6(18)8(12,13)14/h3-4H,1-2H2,(H,16,17). The topological polar surface area (TPSA) is 57.6 Å². The van der Waals surface area contributed by atoms with Crippen molar-refractivity contribution in [2.24, 2.45) is 0 Å². The second kappa shape index (κ2) is 4.32. The van der Waals surface area contributed by atoms with Crippen molar-refractivity contribution in [1.82, 2.24) is 4.90 Å². The van der Waals surface area contributed by atoms with Crippen LogP contribution in [0.3, 0.4) is 0 Å². The SMILES string of the molecule is O=C(O)C1CCC(C(F)(F)F)N1C(=O)C(F)(F)F. The van der Waals surface area contributed by atoms with Gasteiger partial charge in [-0.25, -0.2) is 4.79 Å². The molecule has 2 unspecified atom stereocenters. The van der Waals surface area contributed by atoms with Crippen LogP contribution in [0.1, 0.15) is 12.8 Å². The number of hydrogen-bond acceptors (Lipinski definition) is 2. The highest BCUT2D eigenvalue weighted by Gasteiger charge is 2.58. The summed E-state index contributed by atoms with van der Waals surface area (Å²) in [5, 5.41) is 8.55. The Balaban J connectivity index is 3.11. The number of aliphatic carboxylic acids is 1. The number of hydrogen-bond donors (Lipinski definition) is 1. The Hall–Kier alpha value is -1.48. The van der Waals surface area contributed by atoms with E-state index in [0.717, 1.165) is 0 Å². The summed E-state index contributed by atoms with van der Waals surface area (Å²) in [6.45, 7) is 0. The molecule has 1 fully saturated rings. The van der Waals surface area contributed by atoms with E-state index in [0.29, 0.717) is 0 Å². The molecule has 0 saturated carbocycles. The highest BCUT2D eigenvalue weighted by atomic mass is 19.4. The van der Waals surface area contributed by atoms with E-state index in [1.54, 1.807) is 0 Å². The van der Waals surface area contributed by atoms with Crippen LogP contribution in [0.15, 0.2) is 0 Å². The van der Waals surface area contributed by atoms with E-state index in [2.05, 4.69) is 0 Å². The fourth-order valence-corrected chi connectivity index (χ4v) is 1.80. The molecule has 0 bridgehead atoms. The van der Waals surface area contributed by atoms with Gasteiger partial charge in [0.05, 0.1) is 0 Å². The zero-order chi connectivity index (χ0) is 14.3. The van der Waals surface area contributed by atoms with Crippen molar-refractivity contribution in [2.75, 3.05) is 0 Å².